The summed E-state index contributed by atoms with van der Waals surface area (Å²) in [6, 6.07) is 8.56. The van der Waals surface area contributed by atoms with E-state index < -0.39 is 32.5 Å². The van der Waals surface area contributed by atoms with Crippen LogP contribution < -0.4 is 4.74 Å². The van der Waals surface area contributed by atoms with Crippen molar-refractivity contribution in [2.45, 2.75) is 44.4 Å². The molecule has 1 N–H and O–H groups in total. The number of fused-ring (bicyclic) bond motifs is 2. The predicted octanol–water partition coefficient (Wildman–Crippen LogP) is 2.29. The molecule has 5 rings (SSSR count). The number of para-hydroxylation sites is 1. The number of nitrogens with zero attached hydrogens (tertiary/aromatic N) is 5. The van der Waals surface area contributed by atoms with E-state index in [1.807, 2.05) is 0 Å². The molecular formula is C31H35AsN5O9. The summed E-state index contributed by atoms with van der Waals surface area (Å²) in [7, 11) is 0. The van der Waals surface area contributed by atoms with Gasteiger partial charge >= 0.3 is 265 Å². The number of carbonyl (C=O) groups is 5. The minimum atomic E-state index is -1.36. The Kier molecular flexibility index (Phi) is 10.6. The van der Waals surface area contributed by atoms with Crippen LogP contribution in [0.1, 0.15) is 47.6 Å². The summed E-state index contributed by atoms with van der Waals surface area (Å²) in [6.45, 7) is 5.31. The molecule has 0 aliphatic carbocycles. The van der Waals surface area contributed by atoms with Gasteiger partial charge in [-0.3, -0.25) is 0 Å². The van der Waals surface area contributed by atoms with Gasteiger partial charge in [0.15, 0.2) is 0 Å². The molecule has 0 saturated carbocycles. The van der Waals surface area contributed by atoms with E-state index >= 15 is 0 Å². The first kappa shape index (κ1) is 32.9. The molecule has 1 fully saturated rings. The van der Waals surface area contributed by atoms with Crippen molar-refractivity contribution in [3.05, 3.63) is 53.4 Å². The van der Waals surface area contributed by atoms with Crippen molar-refractivity contribution in [3.63, 3.8) is 0 Å². The number of carboxylic acid groups (broad SMARTS) is 1. The molecule has 0 bridgehead atoms. The second-order valence-electron chi connectivity index (χ2n) is 10.9. The molecule has 46 heavy (non-hydrogen) atoms. The topological polar surface area (TPSA) is 173 Å². The van der Waals surface area contributed by atoms with Crippen LogP contribution in [0.3, 0.4) is 0 Å². The summed E-state index contributed by atoms with van der Waals surface area (Å²) < 4.78 is 15.5. The molecule has 15 heteroatoms. The molecule has 1 saturated heterocycles. The zero-order chi connectivity index (χ0) is 32.8. The molecule has 4 heterocycles. The van der Waals surface area contributed by atoms with Crippen LogP contribution >= 0.6 is 0 Å². The van der Waals surface area contributed by atoms with Gasteiger partial charge in [0, 0.05) is 6.92 Å². The van der Waals surface area contributed by atoms with Gasteiger partial charge in [-0.1, -0.05) is 0 Å². The van der Waals surface area contributed by atoms with E-state index in [1.54, 1.807) is 47.9 Å². The SMILES string of the molecule is CCOC(=O)N1CCN(C(=O)C(CCC(=O)O)[As]C(=O)c2cc(OCC(=O)N3CCc4nc(C)oc4C3)c3ccccc3n2)CC1. The van der Waals surface area contributed by atoms with Crippen LogP contribution in [0.4, 0.5) is 4.79 Å². The first-order chi connectivity index (χ1) is 22.1. The Balaban J connectivity index is 1.28. The fourth-order valence-electron chi connectivity index (χ4n) is 5.39. The Morgan fingerprint density at radius 1 is 1.02 bits per heavy atom. The van der Waals surface area contributed by atoms with Gasteiger partial charge in [-0.15, -0.1) is 0 Å². The first-order valence-corrected chi connectivity index (χ1v) is 17.1. The summed E-state index contributed by atoms with van der Waals surface area (Å²) in [5.74, 6) is -0.0985. The van der Waals surface area contributed by atoms with Crippen molar-refractivity contribution in [1.82, 2.24) is 24.7 Å². The van der Waals surface area contributed by atoms with Crippen molar-refractivity contribution in [1.29, 1.82) is 0 Å². The van der Waals surface area contributed by atoms with E-state index in [0.29, 0.717) is 47.8 Å². The maximum atomic E-state index is 13.6. The zero-order valence-electron chi connectivity index (χ0n) is 25.6. The van der Waals surface area contributed by atoms with Crippen molar-refractivity contribution in [3.8, 4) is 5.75 Å². The Morgan fingerprint density at radius 2 is 1.76 bits per heavy atom. The number of carbonyl (C=O) groups excluding carboxylic acids is 4. The van der Waals surface area contributed by atoms with E-state index in [2.05, 4.69) is 9.97 Å². The average molecular weight is 697 g/mol. The first-order valence-electron chi connectivity index (χ1n) is 15.1. The van der Waals surface area contributed by atoms with Crippen molar-refractivity contribution >= 4 is 55.1 Å². The summed E-state index contributed by atoms with van der Waals surface area (Å²) in [5.41, 5.74) is 1.43. The zero-order valence-corrected chi connectivity index (χ0v) is 27.5. The normalized spacial score (nSPS) is 15.6. The fourth-order valence-corrected chi connectivity index (χ4v) is 7.61. The second-order valence-corrected chi connectivity index (χ2v) is 13.6. The molecule has 2 aliphatic rings. The predicted molar refractivity (Wildman–Crippen MR) is 163 cm³/mol. The third-order valence-electron chi connectivity index (χ3n) is 7.75. The average Bonchev–Trinajstić information content (AvgIpc) is 3.44. The molecule has 1 radical (unpaired) electrons. The van der Waals surface area contributed by atoms with Gasteiger partial charge in [0.2, 0.25) is 0 Å². The molecule has 2 aliphatic heterocycles. The van der Waals surface area contributed by atoms with E-state index in [1.165, 1.54) is 11.0 Å². The Labute approximate surface area is 271 Å². The van der Waals surface area contributed by atoms with Gasteiger partial charge in [-0.2, -0.15) is 0 Å². The quantitative estimate of drug-likeness (QED) is 0.292. The van der Waals surface area contributed by atoms with Crippen LogP contribution in [0.2, 0.25) is 4.71 Å². The number of amides is 3. The van der Waals surface area contributed by atoms with Crippen molar-refractivity contribution in [2.24, 2.45) is 0 Å². The number of oxazole rings is 1. The molecule has 0 spiro atoms. The van der Waals surface area contributed by atoms with E-state index in [9.17, 15) is 29.1 Å². The number of ether oxygens (including phenoxy) is 2. The number of aromatic nitrogens is 2. The van der Waals surface area contributed by atoms with Crippen LogP contribution in [0.15, 0.2) is 34.7 Å². The third kappa shape index (κ3) is 7.85. The number of aliphatic carboxylic acids is 1. The number of benzene rings is 1. The monoisotopic (exact) mass is 696 g/mol. The Bertz CT molecular complexity index is 1640. The number of pyridine rings is 1. The Morgan fingerprint density at radius 3 is 2.50 bits per heavy atom. The van der Waals surface area contributed by atoms with Gasteiger partial charge in [0.05, 0.1) is 0 Å². The third-order valence-corrected chi connectivity index (χ3v) is 10.4. The molecule has 243 valence electrons. The summed E-state index contributed by atoms with van der Waals surface area (Å²) in [4.78, 5) is 77.3. The van der Waals surface area contributed by atoms with Gasteiger partial charge in [0.25, 0.3) is 0 Å². The molecule has 2 aromatic heterocycles. The fraction of sp³-hybridized carbons (Fsp3) is 0.452. The molecule has 3 aromatic rings. The van der Waals surface area contributed by atoms with E-state index in [4.69, 9.17) is 13.9 Å². The number of hydrogen-bond donors (Lipinski definition) is 1. The van der Waals surface area contributed by atoms with Gasteiger partial charge in [0.1, 0.15) is 0 Å². The van der Waals surface area contributed by atoms with Crippen LogP contribution in [0.5, 0.6) is 5.75 Å². The standard InChI is InChI=1S/C31H35AsN5O9/c1-3-44-31(43)36-14-12-35(13-15-36)30(42)21(8-9-28(39)40)32-29(41)24-16-25(20-6-4-5-7-22(20)34-24)45-18-27(38)37-11-10-23-26(17-37)46-19(2)33-23/h4-7,16,21H,3,8-15,17-18H2,1-2H3,(H,39,40). The number of piperazine rings is 1. The molecular weight excluding hydrogens is 661 g/mol. The number of hydrogen-bond acceptors (Lipinski definition) is 10. The van der Waals surface area contributed by atoms with Gasteiger partial charge in [-0.25, -0.2) is 0 Å². The van der Waals surface area contributed by atoms with Crippen molar-refractivity contribution < 1.29 is 43.0 Å². The van der Waals surface area contributed by atoms with E-state index in [0.717, 1.165) is 5.69 Å². The Hall–Kier alpha value is -4.45. The molecule has 1 atom stereocenters. The van der Waals surface area contributed by atoms with Gasteiger partial charge in [-0.05, 0) is 0 Å². The van der Waals surface area contributed by atoms with Gasteiger partial charge < -0.3 is 0 Å². The minimum absolute atomic E-state index is 0.00565. The number of aryl methyl sites for hydroxylation is 1. The van der Waals surface area contributed by atoms with Crippen LogP contribution in [-0.2, 0) is 32.1 Å². The summed E-state index contributed by atoms with van der Waals surface area (Å²) in [5, 5.41) is 9.95. The van der Waals surface area contributed by atoms with E-state index in [-0.39, 0.29) is 74.3 Å². The maximum absolute atomic E-state index is 13.6. The second kappa shape index (κ2) is 14.8. The van der Waals surface area contributed by atoms with Crippen molar-refractivity contribution in [2.75, 3.05) is 45.9 Å². The summed E-state index contributed by atoms with van der Waals surface area (Å²) in [6.07, 6.45) is -0.127. The number of rotatable bonds is 11. The van der Waals surface area contributed by atoms with Crippen LogP contribution in [-0.4, -0.2) is 120 Å². The molecule has 1 unspecified atom stereocenters. The molecule has 1 aromatic carbocycles. The van der Waals surface area contributed by atoms with Crippen LogP contribution in [0, 0.1) is 6.92 Å². The summed E-state index contributed by atoms with van der Waals surface area (Å²) >= 11 is -1.36. The molecule has 14 nitrogen and oxygen atoms in total. The number of carboxylic acids is 1. The van der Waals surface area contributed by atoms with Crippen LogP contribution in [0.25, 0.3) is 10.9 Å². The molecule has 3 amide bonds.